The van der Waals surface area contributed by atoms with Gasteiger partial charge in [-0.3, -0.25) is 9.10 Å². The van der Waals surface area contributed by atoms with Crippen LogP contribution in [0.15, 0.2) is 83.8 Å². The largest absolute Gasteiger partial charge is 0.476 e. The van der Waals surface area contributed by atoms with Crippen molar-refractivity contribution in [2.75, 3.05) is 10.8 Å². The number of amides is 1. The molecule has 6 nitrogen and oxygen atoms in total. The van der Waals surface area contributed by atoms with E-state index < -0.39 is 16.1 Å². The lowest BCUT2D eigenvalue weighted by Crippen LogP contribution is -2.51. The molecule has 7 heteroatoms. The summed E-state index contributed by atoms with van der Waals surface area (Å²) in [5.41, 5.74) is 2.64. The molecule has 0 aliphatic carbocycles. The van der Waals surface area contributed by atoms with Gasteiger partial charge in [0.1, 0.15) is 5.75 Å². The number of hydrogen-bond donors (Lipinski definition) is 1. The summed E-state index contributed by atoms with van der Waals surface area (Å²) in [4.78, 5) is 13.3. The number of ether oxygens (including phenoxy) is 1. The molecular weight excluding hydrogens is 448 g/mol. The van der Waals surface area contributed by atoms with Crippen molar-refractivity contribution >= 4 is 21.6 Å². The first-order valence-corrected chi connectivity index (χ1v) is 12.8. The summed E-state index contributed by atoms with van der Waals surface area (Å²) in [5.74, 6) is -0.00856. The predicted octanol–water partition coefficient (Wildman–Crippen LogP) is 4.82. The Morgan fingerprint density at radius 2 is 1.59 bits per heavy atom. The molecule has 1 heterocycles. The van der Waals surface area contributed by atoms with Crippen LogP contribution in [0.2, 0.25) is 0 Å². The quantitative estimate of drug-likeness (QED) is 0.571. The van der Waals surface area contributed by atoms with E-state index in [0.717, 1.165) is 5.56 Å². The number of rotatable bonds is 5. The van der Waals surface area contributed by atoms with E-state index in [9.17, 15) is 13.2 Å². The summed E-state index contributed by atoms with van der Waals surface area (Å²) in [6.07, 6.45) is -0.982. The summed E-state index contributed by atoms with van der Waals surface area (Å²) >= 11 is 0. The number of para-hydroxylation sites is 2. The molecule has 4 rings (SSSR count). The summed E-state index contributed by atoms with van der Waals surface area (Å²) in [6, 6.07) is 23.0. The van der Waals surface area contributed by atoms with E-state index in [0.29, 0.717) is 11.4 Å². The van der Waals surface area contributed by atoms with Gasteiger partial charge in [0.15, 0.2) is 6.10 Å². The molecule has 0 aromatic heterocycles. The molecule has 1 amide bonds. The Morgan fingerprint density at radius 3 is 2.24 bits per heavy atom. The molecule has 0 bridgehead atoms. The molecule has 3 aromatic carbocycles. The Bertz CT molecular complexity index is 1270. The molecule has 3 aromatic rings. The zero-order valence-corrected chi connectivity index (χ0v) is 20.7. The minimum Gasteiger partial charge on any atom is -0.476 e. The van der Waals surface area contributed by atoms with Crippen molar-refractivity contribution in [3.05, 3.63) is 90.0 Å². The predicted molar refractivity (Wildman–Crippen MR) is 134 cm³/mol. The van der Waals surface area contributed by atoms with Crippen LogP contribution in [0, 0.1) is 0 Å². The third-order valence-electron chi connectivity index (χ3n) is 5.99. The van der Waals surface area contributed by atoms with Crippen LogP contribution in [-0.2, 0) is 20.2 Å². The highest BCUT2D eigenvalue weighted by Crippen LogP contribution is 2.37. The van der Waals surface area contributed by atoms with Crippen LogP contribution in [0.1, 0.15) is 44.9 Å². The third-order valence-corrected chi connectivity index (χ3v) is 7.79. The lowest BCUT2D eigenvalue weighted by molar-refractivity contribution is -0.128. The summed E-state index contributed by atoms with van der Waals surface area (Å²) in [6.45, 7) is 8.25. The third kappa shape index (κ3) is 4.80. The van der Waals surface area contributed by atoms with Crippen molar-refractivity contribution in [2.24, 2.45) is 0 Å². The molecule has 0 radical (unpaired) electrons. The van der Waals surface area contributed by atoms with Gasteiger partial charge >= 0.3 is 0 Å². The molecule has 0 spiro atoms. The van der Waals surface area contributed by atoms with Gasteiger partial charge in [0, 0.05) is 0 Å². The maximum atomic E-state index is 13.4. The number of hydrogen-bond acceptors (Lipinski definition) is 4. The Balaban J connectivity index is 1.56. The van der Waals surface area contributed by atoms with Crippen LogP contribution in [-0.4, -0.2) is 27.0 Å². The topological polar surface area (TPSA) is 75.7 Å². The average Bonchev–Trinajstić information content (AvgIpc) is 2.83. The van der Waals surface area contributed by atoms with Gasteiger partial charge in [0.05, 0.1) is 23.2 Å². The Labute approximate surface area is 201 Å². The van der Waals surface area contributed by atoms with E-state index in [1.807, 2.05) is 19.1 Å². The maximum absolute atomic E-state index is 13.4. The second-order valence-electron chi connectivity index (χ2n) is 9.53. The van der Waals surface area contributed by atoms with Crippen molar-refractivity contribution in [1.82, 2.24) is 5.32 Å². The number of carbonyl (C=O) groups is 1. The van der Waals surface area contributed by atoms with Crippen molar-refractivity contribution in [2.45, 2.75) is 50.2 Å². The first-order chi connectivity index (χ1) is 16.1. The lowest BCUT2D eigenvalue weighted by Gasteiger charge is -2.35. The summed E-state index contributed by atoms with van der Waals surface area (Å²) < 4.78 is 34.0. The Morgan fingerprint density at radius 1 is 0.971 bits per heavy atom. The van der Waals surface area contributed by atoms with Gasteiger partial charge in [-0.1, -0.05) is 75.4 Å². The zero-order chi connectivity index (χ0) is 24.5. The van der Waals surface area contributed by atoms with Crippen LogP contribution in [0.5, 0.6) is 5.75 Å². The minimum absolute atomic E-state index is 0.0437. The van der Waals surface area contributed by atoms with E-state index in [1.54, 1.807) is 54.6 Å². The molecule has 1 N–H and O–H groups in total. The Kier molecular flexibility index (Phi) is 6.41. The van der Waals surface area contributed by atoms with Crippen LogP contribution in [0.25, 0.3) is 0 Å². The minimum atomic E-state index is -3.87. The van der Waals surface area contributed by atoms with Gasteiger partial charge in [-0.15, -0.1) is 0 Å². The lowest BCUT2D eigenvalue weighted by atomic mass is 9.86. The molecule has 0 saturated carbocycles. The molecule has 0 saturated heterocycles. The first kappa shape index (κ1) is 23.8. The van der Waals surface area contributed by atoms with Crippen LogP contribution >= 0.6 is 0 Å². The van der Waals surface area contributed by atoms with Gasteiger partial charge in [-0.05, 0) is 47.7 Å². The highest BCUT2D eigenvalue weighted by Gasteiger charge is 2.37. The number of nitrogens with one attached hydrogen (secondary N) is 1. The molecule has 178 valence electrons. The fraction of sp³-hybridized carbons (Fsp3) is 0.296. The van der Waals surface area contributed by atoms with Crippen molar-refractivity contribution in [3.8, 4) is 5.75 Å². The highest BCUT2D eigenvalue weighted by molar-refractivity contribution is 7.92. The monoisotopic (exact) mass is 478 g/mol. The van der Waals surface area contributed by atoms with Crippen LogP contribution < -0.4 is 14.4 Å². The Hall–Kier alpha value is -3.32. The van der Waals surface area contributed by atoms with Crippen LogP contribution in [0.4, 0.5) is 5.69 Å². The zero-order valence-electron chi connectivity index (χ0n) is 19.9. The second-order valence-corrected chi connectivity index (χ2v) is 11.4. The van der Waals surface area contributed by atoms with Crippen molar-refractivity contribution in [1.29, 1.82) is 0 Å². The van der Waals surface area contributed by atoms with Crippen molar-refractivity contribution < 1.29 is 17.9 Å². The molecule has 1 aliphatic heterocycles. The summed E-state index contributed by atoms with van der Waals surface area (Å²) in [7, 11) is -3.87. The number of nitrogens with zero attached hydrogens (tertiary/aromatic N) is 1. The standard InChI is InChI=1S/C27H30N2O4S/c1-19(20-14-16-21(17-15-20)27(2,3)4)28-26(30)25-18-29(23-12-8-9-13-24(23)33-25)34(31,32)22-10-6-5-7-11-22/h5-17,19,25H,18H2,1-4H3,(H,28,30)/t19-,25+/m1/s1. The SMILES string of the molecule is C[C@@H](NC(=O)[C@@H]1CN(S(=O)(=O)c2ccccc2)c2ccccc2O1)c1ccc(C(C)(C)C)cc1. The van der Waals surface area contributed by atoms with Gasteiger partial charge in [-0.2, -0.15) is 0 Å². The summed E-state index contributed by atoms with van der Waals surface area (Å²) in [5, 5.41) is 2.98. The van der Waals surface area contributed by atoms with Gasteiger partial charge in [0.2, 0.25) is 0 Å². The number of benzene rings is 3. The molecule has 0 unspecified atom stereocenters. The molecular formula is C27H30N2O4S. The van der Waals surface area contributed by atoms with E-state index in [2.05, 4.69) is 38.2 Å². The molecule has 34 heavy (non-hydrogen) atoms. The average molecular weight is 479 g/mol. The number of anilines is 1. The fourth-order valence-electron chi connectivity index (χ4n) is 3.95. The first-order valence-electron chi connectivity index (χ1n) is 11.3. The van der Waals surface area contributed by atoms with Gasteiger partial charge in [0.25, 0.3) is 15.9 Å². The molecule has 2 atom stereocenters. The number of carbonyl (C=O) groups excluding carboxylic acids is 1. The normalized spacial score (nSPS) is 16.8. The van der Waals surface area contributed by atoms with E-state index >= 15 is 0 Å². The smallest absolute Gasteiger partial charge is 0.264 e. The second kappa shape index (κ2) is 9.14. The molecule has 0 fully saturated rings. The fourth-order valence-corrected chi connectivity index (χ4v) is 5.44. The number of fused-ring (bicyclic) bond motifs is 1. The molecule has 1 aliphatic rings. The van der Waals surface area contributed by atoms with Gasteiger partial charge < -0.3 is 10.1 Å². The van der Waals surface area contributed by atoms with E-state index in [-0.39, 0.29) is 28.8 Å². The highest BCUT2D eigenvalue weighted by atomic mass is 32.2. The van der Waals surface area contributed by atoms with E-state index in [4.69, 9.17) is 4.74 Å². The van der Waals surface area contributed by atoms with Crippen LogP contribution in [0.3, 0.4) is 0 Å². The number of sulfonamides is 1. The van der Waals surface area contributed by atoms with Crippen molar-refractivity contribution in [3.63, 3.8) is 0 Å². The van der Waals surface area contributed by atoms with Gasteiger partial charge in [-0.25, -0.2) is 8.42 Å². The van der Waals surface area contributed by atoms with E-state index in [1.165, 1.54) is 9.87 Å². The maximum Gasteiger partial charge on any atom is 0.264 e.